The van der Waals surface area contributed by atoms with E-state index < -0.39 is 0 Å². The molecule has 4 N–H and O–H groups in total. The van der Waals surface area contributed by atoms with E-state index >= 15 is 0 Å². The monoisotopic (exact) mass is 338 g/mol. The summed E-state index contributed by atoms with van der Waals surface area (Å²) in [5.41, 5.74) is 0. The van der Waals surface area contributed by atoms with E-state index in [4.69, 9.17) is 0 Å². The molecule has 0 saturated carbocycles. The van der Waals surface area contributed by atoms with Crippen molar-refractivity contribution in [2.75, 3.05) is 0 Å². The van der Waals surface area contributed by atoms with Gasteiger partial charge in [0, 0.05) is 0 Å². The fourth-order valence-corrected chi connectivity index (χ4v) is 0. The molecule has 0 aliphatic rings. The molecule has 0 aliphatic heterocycles. The molecule has 0 saturated heterocycles. The second kappa shape index (κ2) is 16.5. The van der Waals surface area contributed by atoms with Crippen LogP contribution in [0, 0.1) is 0 Å². The summed E-state index contributed by atoms with van der Waals surface area (Å²) >= 11 is 5.24. The van der Waals surface area contributed by atoms with Gasteiger partial charge in [-0.3, -0.25) is 0 Å². The van der Waals surface area contributed by atoms with Crippen molar-refractivity contribution in [2.24, 2.45) is 0 Å². The van der Waals surface area contributed by atoms with Crippen LogP contribution in [0.2, 0.25) is 0 Å². The van der Waals surface area contributed by atoms with Crippen LogP contribution in [0.25, 0.3) is 0 Å². The normalized spacial score (nSPS) is 2.80. The van der Waals surface area contributed by atoms with Gasteiger partial charge >= 0.3 is 50.0 Å². The molecule has 0 aromatic carbocycles. The molecule has 0 bridgehead atoms. The second-order valence-corrected chi connectivity index (χ2v) is 13.3. The Morgan fingerprint density at radius 3 is 1.00 bits per heavy atom. The Bertz CT molecular complexity index is 7.61. The average molecular weight is 338 g/mol. The molecule has 0 atom stereocenters. The van der Waals surface area contributed by atoms with Crippen molar-refractivity contribution < 1.29 is 22.6 Å². The zero-order valence-corrected chi connectivity index (χ0v) is 8.13. The molecule has 0 aliphatic carbocycles. The zero-order chi connectivity index (χ0) is 2.71. The summed E-state index contributed by atoms with van der Waals surface area (Å²) in [7, 11) is 0. The van der Waals surface area contributed by atoms with Gasteiger partial charge in [0.15, 0.2) is 0 Å². The Kier molecular flexibility index (Phi) is 51.9. The standard InChI is InChI=1S/2HI.2H2O.Ti/h2*1H;2*1H2;/q;;;;+2/p-2. The fourth-order valence-electron chi connectivity index (χ4n) is 0. The summed E-state index contributed by atoms with van der Waals surface area (Å²) in [4.78, 5) is 0. The van der Waals surface area contributed by atoms with Gasteiger partial charge in [0.25, 0.3) is 0 Å². The van der Waals surface area contributed by atoms with Crippen LogP contribution < -0.4 is 0 Å². The first-order valence-electron chi connectivity index (χ1n) is 0.378. The predicted octanol–water partition coefficient (Wildman–Crippen LogP) is 0.120. The van der Waals surface area contributed by atoms with E-state index in [1.54, 1.807) is 0 Å². The summed E-state index contributed by atoms with van der Waals surface area (Å²) in [6.07, 6.45) is 0. The zero-order valence-electron chi connectivity index (χ0n) is 2.26. The third-order valence-corrected chi connectivity index (χ3v) is 0. The summed E-state index contributed by atoms with van der Waals surface area (Å²) in [6.45, 7) is 0. The van der Waals surface area contributed by atoms with Crippen molar-refractivity contribution in [1.29, 1.82) is 0 Å². The van der Waals surface area contributed by atoms with Gasteiger partial charge in [-0.05, 0) is 0 Å². The van der Waals surface area contributed by atoms with Gasteiger partial charge in [0.2, 0.25) is 0 Å². The van der Waals surface area contributed by atoms with Crippen LogP contribution in [0.4, 0.5) is 0 Å². The Morgan fingerprint density at radius 2 is 1.00 bits per heavy atom. The average Bonchev–Trinajstić information content (AvgIpc) is 0.918. The molecule has 0 fully saturated rings. The van der Waals surface area contributed by atoms with Crippen LogP contribution in [-0.4, -0.2) is 11.0 Å². The van der Waals surface area contributed by atoms with Crippen LogP contribution >= 0.6 is 38.4 Å². The van der Waals surface area contributed by atoms with Crippen molar-refractivity contribution in [2.45, 2.75) is 0 Å². The molecule has 0 radical (unpaired) electrons. The fraction of sp³-hybridized carbons (Fsp3) is 0. The summed E-state index contributed by atoms with van der Waals surface area (Å²) < 4.78 is 0. The molecule has 0 heterocycles. The van der Waals surface area contributed by atoms with E-state index in [-0.39, 0.29) is 11.0 Å². The van der Waals surface area contributed by atoms with Gasteiger partial charge < -0.3 is 11.0 Å². The number of halogens is 2. The van der Waals surface area contributed by atoms with Crippen molar-refractivity contribution >= 4 is 38.4 Å². The summed E-state index contributed by atoms with van der Waals surface area (Å²) in [6, 6.07) is 0. The minimum atomic E-state index is 0. The van der Waals surface area contributed by atoms with Crippen molar-refractivity contribution in [1.82, 2.24) is 0 Å². The molecule has 0 amide bonds. The first kappa shape index (κ1) is 15.7. The SMILES string of the molecule is O.O.[I][Ti][I]. The first-order chi connectivity index (χ1) is 1.41. The van der Waals surface area contributed by atoms with Gasteiger partial charge in [-0.25, -0.2) is 0 Å². The van der Waals surface area contributed by atoms with E-state index in [0.717, 1.165) is 0 Å². The minimum absolute atomic E-state index is 0. The number of hydrogen-bond donors (Lipinski definition) is 0. The quantitative estimate of drug-likeness (QED) is 0.445. The van der Waals surface area contributed by atoms with Gasteiger partial charge in [-0.1, -0.05) is 0 Å². The van der Waals surface area contributed by atoms with Gasteiger partial charge in [0.1, 0.15) is 0 Å². The van der Waals surface area contributed by atoms with Crippen LogP contribution in [0.3, 0.4) is 0 Å². The van der Waals surface area contributed by atoms with E-state index in [2.05, 4.69) is 38.4 Å². The maximum atomic E-state index is 2.40. The molecule has 0 unspecified atom stereocenters. The number of rotatable bonds is 0. The third-order valence-electron chi connectivity index (χ3n) is 0. The molecular formula is H4I2O2Ti. The molecule has 0 spiro atoms. The molecule has 0 aromatic heterocycles. The molecule has 5 heteroatoms. The predicted molar refractivity (Wildman–Crippen MR) is 35.3 cm³/mol. The molecular weight excluding hydrogens is 334 g/mol. The first-order valence-corrected chi connectivity index (χ1v) is 10.5. The van der Waals surface area contributed by atoms with Gasteiger partial charge in [-0.15, -0.1) is 0 Å². The molecule has 5 heavy (non-hydrogen) atoms. The summed E-state index contributed by atoms with van der Waals surface area (Å²) in [5.74, 6) is 0. The Morgan fingerprint density at radius 1 is 1.00 bits per heavy atom. The van der Waals surface area contributed by atoms with Crippen LogP contribution in [-0.2, 0) is 11.7 Å². The Labute approximate surface area is 60.0 Å². The van der Waals surface area contributed by atoms with Crippen molar-refractivity contribution in [3.05, 3.63) is 0 Å². The number of hydrogen-bond acceptors (Lipinski definition) is 0. The van der Waals surface area contributed by atoms with E-state index in [1.807, 2.05) is 0 Å². The van der Waals surface area contributed by atoms with Crippen LogP contribution in [0.1, 0.15) is 0 Å². The van der Waals surface area contributed by atoms with Crippen LogP contribution in [0.15, 0.2) is 0 Å². The molecule has 2 nitrogen and oxygen atoms in total. The van der Waals surface area contributed by atoms with Crippen molar-refractivity contribution in [3.8, 4) is 0 Å². The molecule has 34 valence electrons. The second-order valence-electron chi connectivity index (χ2n) is 0.0714. The van der Waals surface area contributed by atoms with E-state index in [0.29, 0.717) is 11.7 Å². The Hall–Kier alpha value is 2.09. The topological polar surface area (TPSA) is 63.0 Å². The Balaban J connectivity index is -0.0000000200. The summed E-state index contributed by atoms with van der Waals surface area (Å²) in [5, 5.41) is 0. The molecule has 0 rings (SSSR count). The molecule has 0 aromatic rings. The van der Waals surface area contributed by atoms with Crippen LogP contribution in [0.5, 0.6) is 0 Å². The van der Waals surface area contributed by atoms with Gasteiger partial charge in [-0.2, -0.15) is 0 Å². The third kappa shape index (κ3) is 23.3. The maximum absolute atomic E-state index is 2.40. The van der Waals surface area contributed by atoms with E-state index in [1.165, 1.54) is 0 Å². The van der Waals surface area contributed by atoms with Crippen molar-refractivity contribution in [3.63, 3.8) is 0 Å². The van der Waals surface area contributed by atoms with Gasteiger partial charge in [0.05, 0.1) is 0 Å². The van der Waals surface area contributed by atoms with E-state index in [9.17, 15) is 0 Å².